The van der Waals surface area contributed by atoms with Gasteiger partial charge in [0.15, 0.2) is 0 Å². The van der Waals surface area contributed by atoms with Crippen LogP contribution in [0.2, 0.25) is 0 Å². The van der Waals surface area contributed by atoms with Crippen molar-refractivity contribution in [2.75, 3.05) is 19.0 Å². The summed E-state index contributed by atoms with van der Waals surface area (Å²) in [5.41, 5.74) is 0.589. The van der Waals surface area contributed by atoms with Crippen LogP contribution in [0.3, 0.4) is 0 Å². The number of nitro benzene ring substituents is 1. The van der Waals surface area contributed by atoms with Gasteiger partial charge in [0.25, 0.3) is 5.69 Å². The normalized spacial score (nSPS) is 16.5. The maximum Gasteiger partial charge on any atom is 0.269 e. The molecule has 1 atom stereocenters. The lowest BCUT2D eigenvalue weighted by Crippen LogP contribution is -2.43. The minimum Gasteiger partial charge on any atom is -0.497 e. The highest BCUT2D eigenvalue weighted by atomic mass is 32.2. The highest BCUT2D eigenvalue weighted by Gasteiger charge is 2.39. The number of aromatic nitrogens is 2. The van der Waals surface area contributed by atoms with E-state index in [1.165, 1.54) is 23.5 Å². The number of rotatable bonds is 7. The summed E-state index contributed by atoms with van der Waals surface area (Å²) in [4.78, 5) is 23.0. The van der Waals surface area contributed by atoms with Crippen molar-refractivity contribution in [1.29, 1.82) is 0 Å². The lowest BCUT2D eigenvalue weighted by molar-refractivity contribution is -0.384. The molecule has 11 nitrogen and oxygen atoms in total. The van der Waals surface area contributed by atoms with E-state index in [1.54, 1.807) is 19.2 Å². The van der Waals surface area contributed by atoms with Crippen LogP contribution in [-0.2, 0) is 14.8 Å². The second-order valence-electron chi connectivity index (χ2n) is 7.15. The van der Waals surface area contributed by atoms with Crippen LogP contribution in [0.5, 0.6) is 5.75 Å². The van der Waals surface area contributed by atoms with E-state index < -0.39 is 26.9 Å². The van der Waals surface area contributed by atoms with Gasteiger partial charge in [0.05, 0.1) is 16.9 Å². The molecule has 0 radical (unpaired) electrons. The molecule has 1 saturated heterocycles. The van der Waals surface area contributed by atoms with Gasteiger partial charge in [0.1, 0.15) is 16.8 Å². The smallest absolute Gasteiger partial charge is 0.269 e. The maximum absolute atomic E-state index is 13.1. The van der Waals surface area contributed by atoms with Crippen molar-refractivity contribution >= 4 is 38.1 Å². The van der Waals surface area contributed by atoms with Crippen LogP contribution in [0.25, 0.3) is 10.6 Å². The molecule has 2 aromatic carbocycles. The summed E-state index contributed by atoms with van der Waals surface area (Å²) in [6.07, 6.45) is 0.861. The number of nitrogens with zero attached hydrogens (tertiary/aromatic N) is 4. The number of hydrogen-bond donors (Lipinski definition) is 1. The Hall–Kier alpha value is -3.42. The summed E-state index contributed by atoms with van der Waals surface area (Å²) >= 11 is 1.17. The Kier molecular flexibility index (Phi) is 6.35. The molecule has 1 aromatic heterocycles. The third-order valence-corrected chi connectivity index (χ3v) is 7.96. The number of anilines is 1. The van der Waals surface area contributed by atoms with Gasteiger partial charge < -0.3 is 4.74 Å². The Balaban J connectivity index is 1.49. The highest BCUT2D eigenvalue weighted by molar-refractivity contribution is 7.89. The number of benzene rings is 2. The predicted octanol–water partition coefficient (Wildman–Crippen LogP) is 2.91. The fraction of sp³-hybridized carbons (Fsp3) is 0.250. The van der Waals surface area contributed by atoms with Gasteiger partial charge in [0, 0.05) is 24.2 Å². The van der Waals surface area contributed by atoms with Gasteiger partial charge in [-0.15, -0.1) is 10.2 Å². The molecular formula is C20H19N5O6S2. The van der Waals surface area contributed by atoms with E-state index >= 15 is 0 Å². The summed E-state index contributed by atoms with van der Waals surface area (Å²) in [7, 11) is -2.44. The predicted molar refractivity (Wildman–Crippen MR) is 121 cm³/mol. The number of carbonyl (C=O) groups is 1. The van der Waals surface area contributed by atoms with Crippen LogP contribution in [0.4, 0.5) is 10.8 Å². The molecule has 1 unspecified atom stereocenters. The zero-order chi connectivity index (χ0) is 23.6. The lowest BCUT2D eigenvalue weighted by Gasteiger charge is -2.22. The number of methoxy groups -OCH3 is 1. The fourth-order valence-electron chi connectivity index (χ4n) is 3.48. The van der Waals surface area contributed by atoms with Crippen LogP contribution in [0, 0.1) is 10.1 Å². The largest absolute Gasteiger partial charge is 0.497 e. The molecule has 4 rings (SSSR count). The van der Waals surface area contributed by atoms with E-state index in [4.69, 9.17) is 4.74 Å². The second kappa shape index (κ2) is 9.21. The van der Waals surface area contributed by atoms with Crippen molar-refractivity contribution in [2.24, 2.45) is 0 Å². The number of carbonyl (C=O) groups excluding carboxylic acids is 1. The van der Waals surface area contributed by atoms with E-state index in [9.17, 15) is 23.3 Å². The minimum atomic E-state index is -4.01. The quantitative estimate of drug-likeness (QED) is 0.394. The van der Waals surface area contributed by atoms with Gasteiger partial charge in [-0.1, -0.05) is 11.3 Å². The average molecular weight is 490 g/mol. The molecule has 0 aliphatic carbocycles. The summed E-state index contributed by atoms with van der Waals surface area (Å²) in [6, 6.07) is 10.9. The van der Waals surface area contributed by atoms with Gasteiger partial charge in [0.2, 0.25) is 21.1 Å². The molecule has 33 heavy (non-hydrogen) atoms. The number of amides is 1. The Morgan fingerprint density at radius 2 is 1.88 bits per heavy atom. The lowest BCUT2D eigenvalue weighted by atomic mass is 10.2. The van der Waals surface area contributed by atoms with Gasteiger partial charge in [-0.05, 0) is 49.2 Å². The zero-order valence-corrected chi connectivity index (χ0v) is 19.0. The van der Waals surface area contributed by atoms with Crippen molar-refractivity contribution in [1.82, 2.24) is 14.5 Å². The van der Waals surface area contributed by atoms with Gasteiger partial charge >= 0.3 is 0 Å². The molecule has 1 fully saturated rings. The molecule has 0 saturated carbocycles. The number of nitrogens with one attached hydrogen (secondary N) is 1. The Labute approximate surface area is 193 Å². The highest BCUT2D eigenvalue weighted by Crippen LogP contribution is 2.30. The van der Waals surface area contributed by atoms with Gasteiger partial charge in [-0.25, -0.2) is 8.42 Å². The molecule has 0 bridgehead atoms. The average Bonchev–Trinajstić information content (AvgIpc) is 3.49. The van der Waals surface area contributed by atoms with Crippen molar-refractivity contribution in [2.45, 2.75) is 23.8 Å². The summed E-state index contributed by atoms with van der Waals surface area (Å²) in [5.74, 6) is 0.197. The number of non-ortho nitro benzene ring substituents is 1. The first-order valence-corrected chi connectivity index (χ1v) is 12.1. The third kappa shape index (κ3) is 4.69. The third-order valence-electron chi connectivity index (χ3n) is 5.15. The van der Waals surface area contributed by atoms with E-state index in [2.05, 4.69) is 15.5 Å². The van der Waals surface area contributed by atoms with Crippen molar-refractivity contribution < 1.29 is 22.9 Å². The molecule has 0 spiro atoms. The molecule has 3 aromatic rings. The van der Waals surface area contributed by atoms with Crippen LogP contribution in [0.1, 0.15) is 12.8 Å². The van der Waals surface area contributed by atoms with Crippen LogP contribution >= 0.6 is 11.3 Å². The van der Waals surface area contributed by atoms with Crippen molar-refractivity contribution in [3.8, 4) is 16.3 Å². The summed E-state index contributed by atoms with van der Waals surface area (Å²) in [6.45, 7) is 0.171. The maximum atomic E-state index is 13.1. The molecule has 1 aliphatic heterocycles. The van der Waals surface area contributed by atoms with E-state index in [0.717, 1.165) is 22.0 Å². The number of hydrogen-bond acceptors (Lipinski definition) is 9. The molecule has 1 amide bonds. The standard InChI is InChI=1S/C20H19N5O6S2/c1-31-15-8-4-13(5-9-15)19-22-23-20(32-19)21-18(26)17-3-2-12-24(17)33(29,30)16-10-6-14(7-11-16)25(27)28/h4-11,17H,2-3,12H2,1H3,(H,21,23,26). The zero-order valence-electron chi connectivity index (χ0n) is 17.4. The Bertz CT molecular complexity index is 1280. The molecule has 1 N–H and O–H groups in total. The van der Waals surface area contributed by atoms with Crippen LogP contribution in [0.15, 0.2) is 53.4 Å². The molecule has 1 aliphatic rings. The first-order valence-electron chi connectivity index (χ1n) is 9.84. The minimum absolute atomic E-state index is 0.106. The number of nitro groups is 1. The van der Waals surface area contributed by atoms with E-state index in [1.807, 2.05) is 12.1 Å². The van der Waals surface area contributed by atoms with Crippen LogP contribution in [-0.4, -0.2) is 53.4 Å². The van der Waals surface area contributed by atoms with Crippen LogP contribution < -0.4 is 10.1 Å². The SMILES string of the molecule is COc1ccc(-c2nnc(NC(=O)C3CCCN3S(=O)(=O)c3ccc([N+](=O)[O-])cc3)s2)cc1. The first-order chi connectivity index (χ1) is 15.8. The van der Waals surface area contributed by atoms with Crippen molar-refractivity contribution in [3.05, 3.63) is 58.6 Å². The van der Waals surface area contributed by atoms with Gasteiger partial charge in [-0.2, -0.15) is 4.31 Å². The first kappa shape index (κ1) is 22.8. The molecular weight excluding hydrogens is 470 g/mol. The summed E-state index contributed by atoms with van der Waals surface area (Å²) < 4.78 is 32.4. The van der Waals surface area contributed by atoms with Gasteiger partial charge in [-0.3, -0.25) is 20.2 Å². The second-order valence-corrected chi connectivity index (χ2v) is 10.0. The monoisotopic (exact) mass is 489 g/mol. The van der Waals surface area contributed by atoms with E-state index in [-0.39, 0.29) is 22.3 Å². The molecule has 13 heteroatoms. The van der Waals surface area contributed by atoms with Crippen molar-refractivity contribution in [3.63, 3.8) is 0 Å². The topological polar surface area (TPSA) is 145 Å². The van der Waals surface area contributed by atoms with E-state index in [0.29, 0.717) is 23.6 Å². The fourth-order valence-corrected chi connectivity index (χ4v) is 5.89. The number of sulfonamides is 1. The Morgan fingerprint density at radius 1 is 1.18 bits per heavy atom. The molecule has 172 valence electrons. The number of ether oxygens (including phenoxy) is 1. The molecule has 2 heterocycles. The summed E-state index contributed by atoms with van der Waals surface area (Å²) in [5, 5.41) is 22.4. The Morgan fingerprint density at radius 3 is 2.52 bits per heavy atom.